The van der Waals surface area contributed by atoms with Crippen molar-refractivity contribution in [3.63, 3.8) is 0 Å². The highest BCUT2D eigenvalue weighted by atomic mass is 32.1. The second kappa shape index (κ2) is 8.71. The molecule has 0 saturated heterocycles. The summed E-state index contributed by atoms with van der Waals surface area (Å²) >= 11 is 1.54. The van der Waals surface area contributed by atoms with Gasteiger partial charge in [-0.15, -0.1) is 11.3 Å². The number of benzene rings is 1. The van der Waals surface area contributed by atoms with Crippen LogP contribution in [-0.2, 0) is 16.1 Å². The van der Waals surface area contributed by atoms with Crippen LogP contribution in [0.15, 0.2) is 29.8 Å². The van der Waals surface area contributed by atoms with E-state index >= 15 is 0 Å². The molecular formula is C16H20FN3O2S. The lowest BCUT2D eigenvalue weighted by Crippen LogP contribution is -2.35. The van der Waals surface area contributed by atoms with Crippen molar-refractivity contribution < 1.29 is 13.9 Å². The molecule has 124 valence electrons. The van der Waals surface area contributed by atoms with E-state index in [4.69, 9.17) is 4.74 Å². The third-order valence-corrected chi connectivity index (χ3v) is 4.04. The van der Waals surface area contributed by atoms with Gasteiger partial charge in [-0.1, -0.05) is 6.07 Å². The van der Waals surface area contributed by atoms with Gasteiger partial charge in [0.25, 0.3) is 0 Å². The predicted octanol–water partition coefficient (Wildman–Crippen LogP) is 2.68. The third-order valence-electron chi connectivity index (χ3n) is 3.28. The Balaban J connectivity index is 1.94. The largest absolute Gasteiger partial charge is 0.383 e. The molecule has 1 N–H and O–H groups in total. The Morgan fingerprint density at radius 1 is 1.48 bits per heavy atom. The highest BCUT2D eigenvalue weighted by molar-refractivity contribution is 7.09. The zero-order valence-corrected chi connectivity index (χ0v) is 14.0. The van der Waals surface area contributed by atoms with Gasteiger partial charge in [0.1, 0.15) is 10.8 Å². The van der Waals surface area contributed by atoms with Crippen molar-refractivity contribution in [2.45, 2.75) is 13.5 Å². The molecule has 7 heteroatoms. The van der Waals surface area contributed by atoms with Crippen LogP contribution in [0.3, 0.4) is 0 Å². The average Bonchev–Trinajstić information content (AvgIpc) is 3.01. The number of ether oxygens (including phenoxy) is 1. The summed E-state index contributed by atoms with van der Waals surface area (Å²) in [4.78, 5) is 18.4. The molecule has 1 amide bonds. The van der Waals surface area contributed by atoms with E-state index in [1.807, 2.05) is 10.3 Å². The first-order valence-corrected chi connectivity index (χ1v) is 8.12. The van der Waals surface area contributed by atoms with Gasteiger partial charge in [-0.3, -0.25) is 9.69 Å². The van der Waals surface area contributed by atoms with Crippen LogP contribution in [0.5, 0.6) is 0 Å². The Hall–Kier alpha value is -1.83. The fourth-order valence-corrected chi connectivity index (χ4v) is 2.69. The Morgan fingerprint density at radius 3 is 2.96 bits per heavy atom. The van der Waals surface area contributed by atoms with Crippen LogP contribution in [0.4, 0.5) is 10.1 Å². The highest BCUT2D eigenvalue weighted by Crippen LogP contribution is 2.14. The van der Waals surface area contributed by atoms with Crippen molar-refractivity contribution in [3.8, 4) is 0 Å². The van der Waals surface area contributed by atoms with Crippen LogP contribution in [0.25, 0.3) is 0 Å². The first kappa shape index (κ1) is 17.5. The molecule has 0 fully saturated rings. The summed E-state index contributed by atoms with van der Waals surface area (Å²) in [7, 11) is 1.62. The second-order valence-electron chi connectivity index (χ2n) is 5.14. The first-order chi connectivity index (χ1) is 11.1. The maximum Gasteiger partial charge on any atom is 0.238 e. The molecular weight excluding hydrogens is 317 g/mol. The van der Waals surface area contributed by atoms with Crippen molar-refractivity contribution in [1.82, 2.24) is 9.88 Å². The molecule has 2 rings (SSSR count). The summed E-state index contributed by atoms with van der Waals surface area (Å²) < 4.78 is 18.6. The lowest BCUT2D eigenvalue weighted by Gasteiger charge is -2.20. The summed E-state index contributed by atoms with van der Waals surface area (Å²) in [5, 5.41) is 5.56. The van der Waals surface area contributed by atoms with Gasteiger partial charge < -0.3 is 10.1 Å². The number of thiazole rings is 1. The van der Waals surface area contributed by atoms with E-state index in [0.29, 0.717) is 30.9 Å². The number of hydrogen-bond acceptors (Lipinski definition) is 5. The number of aryl methyl sites for hydroxylation is 1. The van der Waals surface area contributed by atoms with E-state index in [1.54, 1.807) is 43.7 Å². The third kappa shape index (κ3) is 5.70. The molecule has 1 aromatic heterocycles. The molecule has 0 aliphatic rings. The molecule has 2 aromatic rings. The van der Waals surface area contributed by atoms with E-state index in [9.17, 15) is 9.18 Å². The number of anilines is 1. The Morgan fingerprint density at radius 2 is 2.30 bits per heavy atom. The number of nitrogens with zero attached hydrogens (tertiary/aromatic N) is 2. The van der Waals surface area contributed by atoms with Crippen LogP contribution in [-0.4, -0.2) is 42.6 Å². The number of nitrogens with one attached hydrogen (secondary N) is 1. The fraction of sp³-hybridized carbons (Fsp3) is 0.375. The van der Waals surface area contributed by atoms with E-state index in [1.165, 1.54) is 6.07 Å². The number of carbonyl (C=O) groups is 1. The van der Waals surface area contributed by atoms with E-state index in [0.717, 1.165) is 5.01 Å². The Bertz CT molecular complexity index is 634. The molecule has 0 unspecified atom stereocenters. The van der Waals surface area contributed by atoms with Crippen molar-refractivity contribution in [2.24, 2.45) is 0 Å². The molecule has 0 atom stereocenters. The molecule has 0 bridgehead atoms. The summed E-state index contributed by atoms with van der Waals surface area (Å²) in [5.41, 5.74) is 1.01. The van der Waals surface area contributed by atoms with E-state index in [2.05, 4.69) is 10.3 Å². The van der Waals surface area contributed by atoms with Crippen molar-refractivity contribution in [1.29, 1.82) is 0 Å². The van der Waals surface area contributed by atoms with Crippen molar-refractivity contribution in [2.75, 3.05) is 32.1 Å². The minimum atomic E-state index is -0.332. The molecule has 0 aliphatic heterocycles. The summed E-state index contributed by atoms with van der Waals surface area (Å²) in [6.07, 6.45) is 1.74. The molecule has 0 saturated carbocycles. The van der Waals surface area contributed by atoms with Gasteiger partial charge in [0.05, 0.1) is 19.7 Å². The van der Waals surface area contributed by atoms with Gasteiger partial charge in [-0.05, 0) is 24.6 Å². The second-order valence-corrected chi connectivity index (χ2v) is 6.12. The van der Waals surface area contributed by atoms with Gasteiger partial charge in [0.15, 0.2) is 0 Å². The summed E-state index contributed by atoms with van der Waals surface area (Å²) in [6.45, 7) is 3.60. The van der Waals surface area contributed by atoms with E-state index in [-0.39, 0.29) is 18.3 Å². The number of hydrogen-bond donors (Lipinski definition) is 1. The number of amides is 1. The average molecular weight is 337 g/mol. The maximum absolute atomic E-state index is 13.5. The fourth-order valence-electron chi connectivity index (χ4n) is 2.03. The normalized spacial score (nSPS) is 11.0. The zero-order valence-electron chi connectivity index (χ0n) is 13.2. The quantitative estimate of drug-likeness (QED) is 0.805. The van der Waals surface area contributed by atoms with Gasteiger partial charge in [0, 0.05) is 30.9 Å². The Kier molecular flexibility index (Phi) is 6.64. The number of rotatable bonds is 8. The molecule has 23 heavy (non-hydrogen) atoms. The summed E-state index contributed by atoms with van der Waals surface area (Å²) in [5.74, 6) is -0.525. The van der Waals surface area contributed by atoms with Crippen LogP contribution in [0.2, 0.25) is 0 Å². The Labute approximate surface area is 139 Å². The molecule has 1 aromatic carbocycles. The topological polar surface area (TPSA) is 54.5 Å². The number of methoxy groups -OCH3 is 1. The van der Waals surface area contributed by atoms with E-state index < -0.39 is 0 Å². The number of carbonyl (C=O) groups excluding carboxylic acids is 1. The lowest BCUT2D eigenvalue weighted by atomic mass is 10.2. The van der Waals surface area contributed by atoms with Crippen LogP contribution in [0, 0.1) is 12.7 Å². The molecule has 0 radical (unpaired) electrons. The lowest BCUT2D eigenvalue weighted by molar-refractivity contribution is -0.117. The molecule has 1 heterocycles. The van der Waals surface area contributed by atoms with Gasteiger partial charge in [0.2, 0.25) is 5.91 Å². The maximum atomic E-state index is 13.5. The first-order valence-electron chi connectivity index (χ1n) is 7.24. The predicted molar refractivity (Wildman–Crippen MR) is 89.0 cm³/mol. The van der Waals surface area contributed by atoms with Crippen molar-refractivity contribution in [3.05, 3.63) is 46.2 Å². The number of aromatic nitrogens is 1. The van der Waals surface area contributed by atoms with Gasteiger partial charge in [-0.2, -0.15) is 0 Å². The van der Waals surface area contributed by atoms with Gasteiger partial charge >= 0.3 is 0 Å². The highest BCUT2D eigenvalue weighted by Gasteiger charge is 2.13. The monoisotopic (exact) mass is 337 g/mol. The SMILES string of the molecule is COCCN(CC(=O)Nc1ccc(C)c(F)c1)Cc1nccs1. The molecule has 0 aliphatic carbocycles. The van der Waals surface area contributed by atoms with Gasteiger partial charge in [-0.25, -0.2) is 9.37 Å². The van der Waals surface area contributed by atoms with Crippen LogP contribution >= 0.6 is 11.3 Å². The number of halogens is 1. The smallest absolute Gasteiger partial charge is 0.238 e. The minimum absolute atomic E-state index is 0.193. The summed E-state index contributed by atoms with van der Waals surface area (Å²) in [6, 6.07) is 4.66. The van der Waals surface area contributed by atoms with Crippen molar-refractivity contribution >= 4 is 22.9 Å². The van der Waals surface area contributed by atoms with Crippen LogP contribution < -0.4 is 5.32 Å². The van der Waals surface area contributed by atoms with Crippen LogP contribution in [0.1, 0.15) is 10.6 Å². The zero-order chi connectivity index (χ0) is 16.7. The molecule has 0 spiro atoms. The minimum Gasteiger partial charge on any atom is -0.383 e. The standard InChI is InChI=1S/C16H20FN3O2S/c1-12-3-4-13(9-14(12)17)19-15(21)10-20(6-7-22-2)11-16-18-5-8-23-16/h3-5,8-9H,6-7,10-11H2,1-2H3,(H,19,21). The molecule has 5 nitrogen and oxygen atoms in total.